The molecule has 1 aliphatic rings. The van der Waals surface area contributed by atoms with Gasteiger partial charge in [0.1, 0.15) is 0 Å². The summed E-state index contributed by atoms with van der Waals surface area (Å²) >= 11 is 0. The van der Waals surface area contributed by atoms with Gasteiger partial charge in [-0.25, -0.2) is 0 Å². The van der Waals surface area contributed by atoms with Crippen molar-refractivity contribution in [3.8, 4) is 0 Å². The molecule has 1 atom stereocenters. The van der Waals surface area contributed by atoms with Gasteiger partial charge in [0.15, 0.2) is 5.96 Å². The van der Waals surface area contributed by atoms with E-state index in [1.54, 1.807) is 7.05 Å². The van der Waals surface area contributed by atoms with Gasteiger partial charge in [-0.05, 0) is 44.4 Å². The van der Waals surface area contributed by atoms with E-state index in [-0.39, 0.29) is 6.04 Å². The van der Waals surface area contributed by atoms with Gasteiger partial charge in [0, 0.05) is 39.0 Å². The van der Waals surface area contributed by atoms with E-state index in [9.17, 15) is 0 Å². The van der Waals surface area contributed by atoms with Crippen molar-refractivity contribution in [3.05, 3.63) is 29.8 Å². The number of hydrogen-bond acceptors (Lipinski definition) is 3. The van der Waals surface area contributed by atoms with E-state index in [0.29, 0.717) is 6.61 Å². The van der Waals surface area contributed by atoms with Crippen LogP contribution in [0.4, 0.5) is 5.69 Å². The van der Waals surface area contributed by atoms with Gasteiger partial charge in [0.05, 0.1) is 12.6 Å². The van der Waals surface area contributed by atoms with Crippen LogP contribution in [0.1, 0.15) is 38.3 Å². The molecule has 128 valence electrons. The molecule has 0 radical (unpaired) electrons. The van der Waals surface area contributed by atoms with Crippen LogP contribution in [-0.2, 0) is 4.74 Å². The van der Waals surface area contributed by atoms with Crippen molar-refractivity contribution in [1.29, 1.82) is 0 Å². The summed E-state index contributed by atoms with van der Waals surface area (Å²) in [7, 11) is 1.80. The largest absolute Gasteiger partial charge is 0.380 e. The minimum atomic E-state index is 0.204. The standard InChI is InChI=1S/C18H30N4O/c1-4-23-13-10-20-18(19-3)21-15(2)16-8-7-9-17(14-16)22-11-5-6-12-22/h7-9,14-15H,4-6,10-13H2,1-3H3,(H2,19,20,21). The van der Waals surface area contributed by atoms with Crippen LogP contribution in [0.2, 0.25) is 0 Å². The molecule has 23 heavy (non-hydrogen) atoms. The molecule has 0 bridgehead atoms. The normalized spacial score (nSPS) is 16.5. The maximum absolute atomic E-state index is 5.34. The van der Waals surface area contributed by atoms with Crippen LogP contribution >= 0.6 is 0 Å². The maximum atomic E-state index is 5.34. The minimum Gasteiger partial charge on any atom is -0.380 e. The van der Waals surface area contributed by atoms with E-state index in [1.807, 2.05) is 6.92 Å². The topological polar surface area (TPSA) is 48.9 Å². The lowest BCUT2D eigenvalue weighted by atomic mass is 10.1. The molecule has 1 heterocycles. The second-order valence-corrected chi connectivity index (χ2v) is 5.85. The Morgan fingerprint density at radius 1 is 1.35 bits per heavy atom. The molecule has 0 amide bonds. The Kier molecular flexibility index (Phi) is 7.20. The number of benzene rings is 1. The molecule has 1 aromatic carbocycles. The number of anilines is 1. The summed E-state index contributed by atoms with van der Waals surface area (Å²) in [6.45, 7) is 8.70. The molecule has 1 fully saturated rings. The molecule has 1 aromatic rings. The Morgan fingerprint density at radius 3 is 2.83 bits per heavy atom. The maximum Gasteiger partial charge on any atom is 0.191 e. The Hall–Kier alpha value is -1.75. The van der Waals surface area contributed by atoms with Gasteiger partial charge in [0.25, 0.3) is 0 Å². The zero-order valence-electron chi connectivity index (χ0n) is 14.6. The monoisotopic (exact) mass is 318 g/mol. The van der Waals surface area contributed by atoms with Crippen molar-refractivity contribution < 1.29 is 4.74 Å². The summed E-state index contributed by atoms with van der Waals surface area (Å²) in [5.41, 5.74) is 2.61. The van der Waals surface area contributed by atoms with Gasteiger partial charge in [-0.3, -0.25) is 4.99 Å². The van der Waals surface area contributed by atoms with Crippen LogP contribution in [0.3, 0.4) is 0 Å². The second kappa shape index (κ2) is 9.40. The fraction of sp³-hybridized carbons (Fsp3) is 0.611. The van der Waals surface area contributed by atoms with Crippen LogP contribution < -0.4 is 15.5 Å². The highest BCUT2D eigenvalue weighted by molar-refractivity contribution is 5.80. The van der Waals surface area contributed by atoms with Crippen molar-refractivity contribution in [2.45, 2.75) is 32.7 Å². The molecular formula is C18H30N4O. The van der Waals surface area contributed by atoms with Crippen molar-refractivity contribution in [3.63, 3.8) is 0 Å². The van der Waals surface area contributed by atoms with Gasteiger partial charge in [0.2, 0.25) is 0 Å². The Bertz CT molecular complexity index is 498. The van der Waals surface area contributed by atoms with Crippen LogP contribution in [0.25, 0.3) is 0 Å². The lowest BCUT2D eigenvalue weighted by Gasteiger charge is -2.22. The zero-order chi connectivity index (χ0) is 16.5. The molecule has 0 aromatic heterocycles. The molecule has 5 nitrogen and oxygen atoms in total. The highest BCUT2D eigenvalue weighted by atomic mass is 16.5. The van der Waals surface area contributed by atoms with E-state index in [0.717, 1.165) is 19.1 Å². The third kappa shape index (κ3) is 5.43. The number of rotatable bonds is 7. The van der Waals surface area contributed by atoms with Crippen molar-refractivity contribution in [2.24, 2.45) is 4.99 Å². The summed E-state index contributed by atoms with van der Waals surface area (Å²) in [6, 6.07) is 9.01. The van der Waals surface area contributed by atoms with Crippen LogP contribution in [0.5, 0.6) is 0 Å². The predicted molar refractivity (Wildman–Crippen MR) is 97.3 cm³/mol. The van der Waals surface area contributed by atoms with Crippen molar-refractivity contribution in [2.75, 3.05) is 44.8 Å². The van der Waals surface area contributed by atoms with Crippen LogP contribution in [0.15, 0.2) is 29.3 Å². The molecule has 1 saturated heterocycles. The first-order chi connectivity index (χ1) is 11.2. The third-order valence-electron chi connectivity index (χ3n) is 4.16. The zero-order valence-corrected chi connectivity index (χ0v) is 14.6. The average Bonchev–Trinajstić information content (AvgIpc) is 3.12. The Labute approximate surface area is 140 Å². The number of guanidine groups is 1. The third-order valence-corrected chi connectivity index (χ3v) is 4.16. The fourth-order valence-corrected chi connectivity index (χ4v) is 2.84. The van der Waals surface area contributed by atoms with Crippen LogP contribution in [-0.4, -0.2) is 45.9 Å². The number of aliphatic imine (C=N–C) groups is 1. The van der Waals surface area contributed by atoms with E-state index in [4.69, 9.17) is 4.74 Å². The van der Waals surface area contributed by atoms with Crippen LogP contribution in [0, 0.1) is 0 Å². The molecular weight excluding hydrogens is 288 g/mol. The van der Waals surface area contributed by atoms with E-state index >= 15 is 0 Å². The SMILES string of the molecule is CCOCCNC(=NC)NC(C)c1cccc(N2CCCC2)c1. The molecule has 0 saturated carbocycles. The molecule has 0 spiro atoms. The summed E-state index contributed by atoms with van der Waals surface area (Å²) in [5, 5.41) is 6.72. The fourth-order valence-electron chi connectivity index (χ4n) is 2.84. The highest BCUT2D eigenvalue weighted by Crippen LogP contribution is 2.23. The first-order valence-corrected chi connectivity index (χ1v) is 8.64. The van der Waals surface area contributed by atoms with Gasteiger partial charge in [-0.15, -0.1) is 0 Å². The van der Waals surface area contributed by atoms with Gasteiger partial charge in [-0.1, -0.05) is 12.1 Å². The molecule has 2 N–H and O–H groups in total. The van der Waals surface area contributed by atoms with E-state index in [1.165, 1.54) is 37.2 Å². The van der Waals surface area contributed by atoms with Crippen molar-refractivity contribution >= 4 is 11.6 Å². The number of nitrogens with zero attached hydrogens (tertiary/aromatic N) is 2. The minimum absolute atomic E-state index is 0.204. The second-order valence-electron chi connectivity index (χ2n) is 5.85. The van der Waals surface area contributed by atoms with Gasteiger partial charge in [-0.2, -0.15) is 0 Å². The quantitative estimate of drug-likeness (QED) is 0.461. The lowest BCUT2D eigenvalue weighted by molar-refractivity contribution is 0.152. The molecule has 2 rings (SSSR count). The number of ether oxygens (including phenoxy) is 1. The lowest BCUT2D eigenvalue weighted by Crippen LogP contribution is -2.40. The van der Waals surface area contributed by atoms with Crippen molar-refractivity contribution in [1.82, 2.24) is 10.6 Å². The average molecular weight is 318 g/mol. The molecule has 1 unspecified atom stereocenters. The van der Waals surface area contributed by atoms with Gasteiger partial charge >= 0.3 is 0 Å². The molecule has 1 aliphatic heterocycles. The smallest absolute Gasteiger partial charge is 0.191 e. The summed E-state index contributed by atoms with van der Waals surface area (Å²) in [6.07, 6.45) is 2.60. The summed E-state index contributed by atoms with van der Waals surface area (Å²) in [5.74, 6) is 0.809. The van der Waals surface area contributed by atoms with Gasteiger partial charge < -0.3 is 20.3 Å². The first kappa shape index (κ1) is 17.6. The highest BCUT2D eigenvalue weighted by Gasteiger charge is 2.14. The predicted octanol–water partition coefficient (Wildman–Crippen LogP) is 2.55. The van der Waals surface area contributed by atoms with E-state index in [2.05, 4.69) is 51.7 Å². The molecule has 0 aliphatic carbocycles. The molecule has 5 heteroatoms. The Balaban J connectivity index is 1.91. The Morgan fingerprint density at radius 2 is 2.13 bits per heavy atom. The number of hydrogen-bond donors (Lipinski definition) is 2. The summed E-state index contributed by atoms with van der Waals surface area (Å²) < 4.78 is 5.34. The number of nitrogens with one attached hydrogen (secondary N) is 2. The first-order valence-electron chi connectivity index (χ1n) is 8.64. The van der Waals surface area contributed by atoms with E-state index < -0.39 is 0 Å². The summed E-state index contributed by atoms with van der Waals surface area (Å²) in [4.78, 5) is 6.74.